The molecule has 4 saturated carbocycles. The van der Waals surface area contributed by atoms with Crippen LogP contribution in [0.15, 0.2) is 23.8 Å². The molecule has 0 spiro atoms. The summed E-state index contributed by atoms with van der Waals surface area (Å²) in [6.07, 6.45) is -28.9. The van der Waals surface area contributed by atoms with Crippen molar-refractivity contribution >= 4 is 11.9 Å². The summed E-state index contributed by atoms with van der Waals surface area (Å²) in [7, 11) is 0. The molecule has 26 heteroatoms. The van der Waals surface area contributed by atoms with Gasteiger partial charge in [0, 0.05) is 12.8 Å². The Balaban J connectivity index is 0.809. The zero-order valence-electron chi connectivity index (χ0n) is 49.3. The van der Waals surface area contributed by atoms with Crippen molar-refractivity contribution in [3.63, 3.8) is 0 Å². The Morgan fingerprint density at radius 3 is 1.85 bits per heavy atom. The molecule has 0 aromatic rings. The minimum absolute atomic E-state index is 0.151. The first kappa shape index (κ1) is 65.5. The number of aliphatic hydroxyl groups excluding tert-OH is 13. The lowest BCUT2D eigenvalue weighted by Crippen LogP contribution is -2.65. The molecular weight excluding hydrogens is 1120 g/mol. The minimum atomic E-state index is -1.92. The SMILES string of the molecule is C=C1CC[C@]2(C(=O)O[C@@H]3O[C@H](CO[C@@H]4O[C@H](COC(C)=O)[C@@H](O[C@@H]5O[C@@H](C)[C@H](O)[C@@H](O)[C@H]5O)[C@H](O)[C@H]4O)[C@@H](O)[C@H](O)[C@H]3O)CC[C@]3(C)C(=CC[C@H]4[C@H]3CC[C@H]3C(C)(C)[C@@H](O[C@@H]5OC[C@H](O)[C@H](O)[C@H]5O[C@@H]5O[C@@H](C)[C@H](O)[C@@H](O)[C@H]5O)CC[C@]43C)[C@@H]2C1. The molecule has 5 aliphatic carbocycles. The van der Waals surface area contributed by atoms with Gasteiger partial charge in [-0.15, -0.1) is 0 Å². The first-order valence-electron chi connectivity index (χ1n) is 30.3. The zero-order valence-corrected chi connectivity index (χ0v) is 49.3. The lowest BCUT2D eigenvalue weighted by atomic mass is 9.38. The van der Waals surface area contributed by atoms with Crippen LogP contribution in [0.1, 0.15) is 113 Å². The zero-order chi connectivity index (χ0) is 61.7. The van der Waals surface area contributed by atoms with Crippen LogP contribution in [0.4, 0.5) is 0 Å². The number of hydrogen-bond acceptors (Lipinski definition) is 26. The van der Waals surface area contributed by atoms with Crippen LogP contribution in [0.5, 0.6) is 0 Å². The molecule has 0 aromatic carbocycles. The molecule has 5 saturated heterocycles. The van der Waals surface area contributed by atoms with Crippen LogP contribution < -0.4 is 0 Å². The topological polar surface area (TPSA) is 399 Å². The van der Waals surface area contributed by atoms with Gasteiger partial charge in [-0.2, -0.15) is 0 Å². The van der Waals surface area contributed by atoms with Crippen molar-refractivity contribution in [3.8, 4) is 0 Å². The molecule has 26 nitrogen and oxygen atoms in total. The smallest absolute Gasteiger partial charge is 0.315 e. The van der Waals surface area contributed by atoms with E-state index in [9.17, 15) is 71.2 Å². The fourth-order valence-electron chi connectivity index (χ4n) is 16.8. The predicted octanol–water partition coefficient (Wildman–Crippen LogP) is -1.81. The number of esters is 2. The Hall–Kier alpha value is -2.46. The normalized spacial score (nSPS) is 52.5. The van der Waals surface area contributed by atoms with E-state index < -0.39 is 183 Å². The number of rotatable bonds is 13. The predicted molar refractivity (Wildman–Crippen MR) is 287 cm³/mol. The van der Waals surface area contributed by atoms with Gasteiger partial charge in [0.2, 0.25) is 6.29 Å². The van der Waals surface area contributed by atoms with Crippen LogP contribution in [0.2, 0.25) is 0 Å². The van der Waals surface area contributed by atoms with Gasteiger partial charge in [-0.3, -0.25) is 9.59 Å². The van der Waals surface area contributed by atoms with Crippen LogP contribution >= 0.6 is 0 Å². The molecule has 13 N–H and O–H groups in total. The molecular formula is C59H92O26. The summed E-state index contributed by atoms with van der Waals surface area (Å²) in [4.78, 5) is 27.0. The summed E-state index contributed by atoms with van der Waals surface area (Å²) >= 11 is 0. The molecule has 484 valence electrons. The third-order valence-electron chi connectivity index (χ3n) is 21.9. The van der Waals surface area contributed by atoms with Crippen molar-refractivity contribution in [3.05, 3.63) is 23.8 Å². The van der Waals surface area contributed by atoms with Gasteiger partial charge in [0.1, 0.15) is 110 Å². The summed E-state index contributed by atoms with van der Waals surface area (Å²) in [6, 6.07) is 0. The first-order chi connectivity index (χ1) is 39.9. The minimum Gasteiger partial charge on any atom is -0.463 e. The Morgan fingerprint density at radius 1 is 0.600 bits per heavy atom. The van der Waals surface area contributed by atoms with Gasteiger partial charge in [-0.05, 0) is 112 Å². The van der Waals surface area contributed by atoms with Crippen molar-refractivity contribution in [1.29, 1.82) is 0 Å². The van der Waals surface area contributed by atoms with E-state index in [1.165, 1.54) is 19.4 Å². The van der Waals surface area contributed by atoms with Crippen LogP contribution in [-0.2, 0) is 61.7 Å². The Kier molecular flexibility index (Phi) is 19.2. The van der Waals surface area contributed by atoms with E-state index in [0.717, 1.165) is 38.2 Å². The van der Waals surface area contributed by atoms with Crippen molar-refractivity contribution in [2.75, 3.05) is 19.8 Å². The van der Waals surface area contributed by atoms with Crippen molar-refractivity contribution in [2.45, 2.75) is 266 Å². The third kappa shape index (κ3) is 11.7. The standard InChI is InChI=1S/C59H92O26/c1-23-13-16-59(55(74)85-53-46(72)42(68)39(65)32(80-53)21-77-50-47(73)43(69)48(33(81-50)22-75-26(4)60)83-51-44(70)40(66)36(62)24(2)78-51)18-17-57(7)27-11-12-34-56(5,6)35(14-15-58(34,8)28(27)9-10-29(57)30(59)19-23)82-54-49(38(64)31(61)20-76-54)84-52-45(71)41(67)37(63)25(3)79-52/h10,24-25,27-28,30-54,61-73H,1,9,11-22H2,2-8H3/t24-,25-,27+,28-,30-,31-,32+,33+,34-,35-,36-,37-,38-,39+,40+,41+,42-,43+,44+,45+,46+,47+,48+,49+,50+,51-,52-,53-,54-,57-,58+,59-/m0/s1. The summed E-state index contributed by atoms with van der Waals surface area (Å²) in [5.74, 6) is -1.01. The monoisotopic (exact) mass is 1220 g/mol. The average molecular weight is 1220 g/mol. The summed E-state index contributed by atoms with van der Waals surface area (Å²) in [5, 5.41) is 141. The summed E-state index contributed by atoms with van der Waals surface area (Å²) < 4.78 is 64.9. The molecule has 10 rings (SSSR count). The Bertz CT molecular complexity index is 2410. The Morgan fingerprint density at radius 2 is 1.20 bits per heavy atom. The largest absolute Gasteiger partial charge is 0.463 e. The fourth-order valence-corrected chi connectivity index (χ4v) is 16.8. The highest BCUT2D eigenvalue weighted by atomic mass is 16.8. The molecule has 5 aliphatic heterocycles. The van der Waals surface area contributed by atoms with E-state index in [0.29, 0.717) is 38.5 Å². The van der Waals surface area contributed by atoms with Gasteiger partial charge >= 0.3 is 11.9 Å². The van der Waals surface area contributed by atoms with E-state index in [2.05, 4.69) is 40.3 Å². The van der Waals surface area contributed by atoms with E-state index in [4.69, 9.17) is 52.1 Å². The molecule has 0 bridgehead atoms. The van der Waals surface area contributed by atoms with E-state index in [1.54, 1.807) is 0 Å². The van der Waals surface area contributed by atoms with E-state index in [-0.39, 0.29) is 47.2 Å². The van der Waals surface area contributed by atoms with Crippen LogP contribution in [0, 0.1) is 45.3 Å². The maximum atomic E-state index is 15.1. The van der Waals surface area contributed by atoms with Crippen molar-refractivity contribution in [2.24, 2.45) is 45.3 Å². The van der Waals surface area contributed by atoms with Gasteiger partial charge in [0.05, 0.1) is 36.9 Å². The van der Waals surface area contributed by atoms with Crippen molar-refractivity contribution < 1.29 is 128 Å². The molecule has 85 heavy (non-hydrogen) atoms. The van der Waals surface area contributed by atoms with Gasteiger partial charge in [-0.25, -0.2) is 0 Å². The third-order valence-corrected chi connectivity index (χ3v) is 21.9. The molecule has 10 aliphatic rings. The molecule has 9 fully saturated rings. The first-order valence-corrected chi connectivity index (χ1v) is 30.3. The highest BCUT2D eigenvalue weighted by molar-refractivity contribution is 5.79. The number of carbonyl (C=O) groups excluding carboxylic acids is 2. The lowest BCUT2D eigenvalue weighted by molar-refractivity contribution is -0.364. The van der Waals surface area contributed by atoms with Gasteiger partial charge in [0.15, 0.2) is 25.2 Å². The lowest BCUT2D eigenvalue weighted by Gasteiger charge is -2.67. The highest BCUT2D eigenvalue weighted by Crippen LogP contribution is 2.71. The number of hydrogen-bond donors (Lipinski definition) is 13. The maximum Gasteiger partial charge on any atom is 0.315 e. The van der Waals surface area contributed by atoms with Gasteiger partial charge in [-0.1, -0.05) is 51.5 Å². The van der Waals surface area contributed by atoms with Gasteiger partial charge < -0.3 is 118 Å². The molecule has 32 atom stereocenters. The maximum absolute atomic E-state index is 15.1. The van der Waals surface area contributed by atoms with Crippen LogP contribution in [0.25, 0.3) is 0 Å². The quantitative estimate of drug-likeness (QED) is 0.0549. The Labute approximate surface area is 493 Å². The number of aliphatic hydroxyl groups is 13. The van der Waals surface area contributed by atoms with Crippen LogP contribution in [-0.4, -0.2) is 252 Å². The number of carbonyl (C=O) groups is 2. The van der Waals surface area contributed by atoms with Crippen LogP contribution in [0.3, 0.4) is 0 Å². The fraction of sp³-hybridized carbons (Fsp3) is 0.898. The number of ether oxygens (including phenoxy) is 11. The van der Waals surface area contributed by atoms with Gasteiger partial charge in [0.25, 0.3) is 0 Å². The molecule has 0 aromatic heterocycles. The van der Waals surface area contributed by atoms with Crippen molar-refractivity contribution in [1.82, 2.24) is 0 Å². The average Bonchev–Trinajstić information content (AvgIpc) is 0.795. The second-order valence-corrected chi connectivity index (χ2v) is 27.2. The molecule has 5 heterocycles. The number of fused-ring (bicyclic) bond motifs is 7. The molecule has 0 radical (unpaired) electrons. The molecule has 0 unspecified atom stereocenters. The van der Waals surface area contributed by atoms with E-state index in [1.807, 2.05) is 0 Å². The molecule has 0 amide bonds. The summed E-state index contributed by atoms with van der Waals surface area (Å²) in [5.41, 5.74) is 0.200. The highest BCUT2D eigenvalue weighted by Gasteiger charge is 2.66. The summed E-state index contributed by atoms with van der Waals surface area (Å²) in [6.45, 7) is 16.1. The number of allylic oxidation sites excluding steroid dienone is 3. The second kappa shape index (κ2) is 25.0. The second-order valence-electron chi connectivity index (χ2n) is 27.2. The van der Waals surface area contributed by atoms with E-state index >= 15 is 4.79 Å².